The summed E-state index contributed by atoms with van der Waals surface area (Å²) in [5.74, 6) is 5.15. The average Bonchev–Trinajstić information content (AvgIpc) is 2.93. The van der Waals surface area contributed by atoms with E-state index < -0.39 is 27.8 Å². The van der Waals surface area contributed by atoms with Crippen LogP contribution in [0, 0.1) is 11.8 Å². The highest BCUT2D eigenvalue weighted by atomic mass is 32.2. The molecule has 1 aromatic rings. The summed E-state index contributed by atoms with van der Waals surface area (Å²) in [6.45, 7) is -0.0909. The van der Waals surface area contributed by atoms with Crippen LogP contribution in [0.5, 0.6) is 5.75 Å². The molecule has 1 N–H and O–H groups in total. The third kappa shape index (κ3) is 3.29. The van der Waals surface area contributed by atoms with Gasteiger partial charge in [-0.05, 0) is 23.2 Å². The van der Waals surface area contributed by atoms with Crippen LogP contribution in [-0.4, -0.2) is 83.8 Å². The lowest BCUT2D eigenvalue weighted by molar-refractivity contribution is -0.503. The van der Waals surface area contributed by atoms with Crippen molar-refractivity contribution in [2.75, 3.05) is 26.9 Å². The lowest BCUT2D eigenvalue weighted by Crippen LogP contribution is -2.62. The molecule has 0 aliphatic carbocycles. The van der Waals surface area contributed by atoms with Gasteiger partial charge in [-0.1, -0.05) is 17.9 Å². The molecule has 27 heavy (non-hydrogen) atoms. The fraction of sp³-hybridized carbons (Fsp3) is 0.294. The Bertz CT molecular complexity index is 1080. The van der Waals surface area contributed by atoms with Crippen molar-refractivity contribution in [3.63, 3.8) is 0 Å². The molecule has 0 spiro atoms. The van der Waals surface area contributed by atoms with Gasteiger partial charge in [0.25, 0.3) is 27.6 Å². The summed E-state index contributed by atoms with van der Waals surface area (Å²) in [6, 6.07) is 4.68. The van der Waals surface area contributed by atoms with Gasteiger partial charge < -0.3 is 5.11 Å². The number of sulfone groups is 1. The number of rotatable bonds is 1. The van der Waals surface area contributed by atoms with Crippen molar-refractivity contribution >= 4 is 32.8 Å². The molecule has 140 valence electrons. The fourth-order valence-corrected chi connectivity index (χ4v) is 3.75. The van der Waals surface area contributed by atoms with Crippen molar-refractivity contribution < 1.29 is 27.7 Å². The summed E-state index contributed by atoms with van der Waals surface area (Å²) in [4.78, 5) is 31.1. The van der Waals surface area contributed by atoms with Crippen molar-refractivity contribution in [2.24, 2.45) is 4.99 Å². The van der Waals surface area contributed by atoms with Crippen LogP contribution in [-0.2, 0) is 14.6 Å². The van der Waals surface area contributed by atoms with Crippen LogP contribution in [0.1, 0.15) is 5.56 Å². The van der Waals surface area contributed by atoms with Gasteiger partial charge in [0.2, 0.25) is 0 Å². The number of carbonyl (C=O) groups excluding carboxylic acids is 2. The molecule has 0 bridgehead atoms. The molecule has 3 amide bonds. The number of phenols is 1. The molecule has 9 nitrogen and oxygen atoms in total. The van der Waals surface area contributed by atoms with E-state index in [1.54, 1.807) is 12.1 Å². The third-order valence-corrected chi connectivity index (χ3v) is 5.19. The number of hydrogen-bond acceptors (Lipinski definition) is 6. The number of aromatic hydroxyl groups is 1. The standard InChI is InChI=1S/C17H16N4O5S/c1-19-13-14(18-16(19)27(3,25)26)21(17(24)20(2)15(13)23)9-5-7-11-6-4-8-12(22)10-11/h4,6,8,10,13H,9H2,1-3H3/p+1. The number of aliphatic imine (C=N–C) groups is 1. The maximum absolute atomic E-state index is 12.5. The Morgan fingerprint density at radius 3 is 2.67 bits per heavy atom. The zero-order valence-corrected chi connectivity index (χ0v) is 15.7. The molecule has 0 radical (unpaired) electrons. The van der Waals surface area contributed by atoms with Crippen LogP contribution in [0.4, 0.5) is 4.79 Å². The second-order valence-corrected chi connectivity index (χ2v) is 8.07. The molecule has 1 saturated heterocycles. The number of imide groups is 1. The Balaban J connectivity index is 1.96. The number of urea groups is 1. The van der Waals surface area contributed by atoms with E-state index in [9.17, 15) is 23.1 Å². The zero-order chi connectivity index (χ0) is 19.9. The van der Waals surface area contributed by atoms with E-state index in [1.807, 2.05) is 0 Å². The van der Waals surface area contributed by atoms with Gasteiger partial charge in [0.1, 0.15) is 5.75 Å². The van der Waals surface area contributed by atoms with Crippen LogP contribution in [0.2, 0.25) is 0 Å². The second-order valence-electron chi connectivity index (χ2n) is 6.16. The first-order valence-corrected chi connectivity index (χ1v) is 9.76. The van der Waals surface area contributed by atoms with Crippen LogP contribution >= 0.6 is 0 Å². The second kappa shape index (κ2) is 6.51. The molecule has 1 aromatic carbocycles. The first-order valence-electron chi connectivity index (χ1n) is 7.86. The van der Waals surface area contributed by atoms with Gasteiger partial charge in [-0.25, -0.2) is 22.7 Å². The van der Waals surface area contributed by atoms with E-state index >= 15 is 0 Å². The van der Waals surface area contributed by atoms with E-state index in [0.29, 0.717) is 5.56 Å². The monoisotopic (exact) mass is 389 g/mol. The number of likely N-dealkylation sites (N-methyl/N-ethyl adjacent to an activating group) is 2. The summed E-state index contributed by atoms with van der Waals surface area (Å²) >= 11 is 0. The predicted octanol–water partition coefficient (Wildman–Crippen LogP) is -0.539. The van der Waals surface area contributed by atoms with E-state index in [-0.39, 0.29) is 23.3 Å². The molecule has 2 aliphatic heterocycles. The van der Waals surface area contributed by atoms with Gasteiger partial charge in [-0.15, -0.1) is 0 Å². The van der Waals surface area contributed by atoms with E-state index in [2.05, 4.69) is 16.8 Å². The van der Waals surface area contributed by atoms with Crippen LogP contribution in [0.3, 0.4) is 0 Å². The minimum absolute atomic E-state index is 0.0382. The van der Waals surface area contributed by atoms with E-state index in [1.165, 1.54) is 35.7 Å². The third-order valence-electron chi connectivity index (χ3n) is 4.15. The summed E-state index contributed by atoms with van der Waals surface area (Å²) in [5, 5.41) is 9.19. The summed E-state index contributed by atoms with van der Waals surface area (Å²) < 4.78 is 25.1. The van der Waals surface area contributed by atoms with Crippen molar-refractivity contribution in [1.29, 1.82) is 0 Å². The Labute approximate surface area is 156 Å². The van der Waals surface area contributed by atoms with Crippen molar-refractivity contribution in [2.45, 2.75) is 6.04 Å². The fourth-order valence-electron chi connectivity index (χ4n) is 2.86. The lowest BCUT2D eigenvalue weighted by atomic mass is 10.1. The van der Waals surface area contributed by atoms with E-state index in [4.69, 9.17) is 0 Å². The largest absolute Gasteiger partial charge is 0.508 e. The number of benzene rings is 1. The quantitative estimate of drug-likeness (QED) is 0.512. The van der Waals surface area contributed by atoms with E-state index in [0.717, 1.165) is 11.2 Å². The molecule has 1 unspecified atom stereocenters. The molecule has 2 aliphatic rings. The van der Waals surface area contributed by atoms with Crippen LogP contribution in [0.25, 0.3) is 0 Å². The molecule has 0 aromatic heterocycles. The zero-order valence-electron chi connectivity index (χ0n) is 14.9. The molecule has 3 rings (SSSR count). The minimum atomic E-state index is -3.68. The smallest absolute Gasteiger partial charge is 0.414 e. The number of nitrogens with zero attached hydrogens (tertiary/aromatic N) is 4. The average molecular weight is 389 g/mol. The van der Waals surface area contributed by atoms with Gasteiger partial charge in [-0.2, -0.15) is 0 Å². The van der Waals surface area contributed by atoms with Gasteiger partial charge in [0.05, 0.1) is 19.8 Å². The molecular weight excluding hydrogens is 372 g/mol. The minimum Gasteiger partial charge on any atom is -0.508 e. The molecule has 2 heterocycles. The molecule has 0 saturated carbocycles. The molecule has 1 fully saturated rings. The molecule has 1 atom stereocenters. The lowest BCUT2D eigenvalue weighted by Gasteiger charge is -2.31. The SMILES string of the molecule is CN1C(=O)C2C(=NC(S(C)(=O)=O)=[N+]2C)N(CC#Cc2cccc(O)c2)C1=O. The topological polar surface area (TPSA) is 110 Å². The number of phenolic OH excluding ortho intramolecular Hbond substituents is 1. The number of hydrogen-bond donors (Lipinski definition) is 1. The summed E-state index contributed by atoms with van der Waals surface area (Å²) in [6.07, 6.45) is 0.988. The Morgan fingerprint density at radius 1 is 1.33 bits per heavy atom. The predicted molar refractivity (Wildman–Crippen MR) is 97.1 cm³/mol. The molecular formula is C17H17N4O5S+. The van der Waals surface area contributed by atoms with Crippen molar-refractivity contribution in [3.05, 3.63) is 29.8 Å². The van der Waals surface area contributed by atoms with Crippen molar-refractivity contribution in [3.8, 4) is 17.6 Å². The summed E-state index contributed by atoms with van der Waals surface area (Å²) in [7, 11) is -0.914. The number of carbonyl (C=O) groups is 2. The highest BCUT2D eigenvalue weighted by Gasteiger charge is 2.54. The first kappa shape index (κ1) is 18.6. The number of amides is 3. The summed E-state index contributed by atoms with van der Waals surface area (Å²) in [5.41, 5.74) is 0.550. The number of amidine groups is 2. The highest BCUT2D eigenvalue weighted by Crippen LogP contribution is 2.20. The normalized spacial score (nSPS) is 19.7. The van der Waals surface area contributed by atoms with Crippen LogP contribution in [0.15, 0.2) is 29.3 Å². The maximum atomic E-state index is 12.5. The van der Waals surface area contributed by atoms with Gasteiger partial charge >= 0.3 is 11.2 Å². The molecule has 10 heteroatoms. The number of fused-ring (bicyclic) bond motifs is 1. The first-order chi connectivity index (χ1) is 12.6. The highest BCUT2D eigenvalue weighted by molar-refractivity contribution is 8.05. The van der Waals surface area contributed by atoms with Gasteiger partial charge in [0, 0.05) is 12.6 Å². The van der Waals surface area contributed by atoms with Gasteiger partial charge in [0.15, 0.2) is 0 Å². The Kier molecular flexibility index (Phi) is 4.49. The van der Waals surface area contributed by atoms with Gasteiger partial charge in [-0.3, -0.25) is 9.69 Å². The maximum Gasteiger partial charge on any atom is 0.414 e. The van der Waals surface area contributed by atoms with Crippen molar-refractivity contribution in [1.82, 2.24) is 9.80 Å². The van der Waals surface area contributed by atoms with Crippen LogP contribution < -0.4 is 0 Å². The Morgan fingerprint density at radius 2 is 2.04 bits per heavy atom. The Hall–Kier alpha value is -3.19.